The molecule has 0 unspecified atom stereocenters. The first kappa shape index (κ1) is 15.7. The first-order chi connectivity index (χ1) is 11.1. The molecule has 0 fully saturated rings. The van der Waals surface area contributed by atoms with Gasteiger partial charge in [-0.2, -0.15) is 0 Å². The fourth-order valence-electron chi connectivity index (χ4n) is 2.65. The molecule has 3 aromatic rings. The molecule has 1 heterocycles. The number of hydrogen-bond donors (Lipinski definition) is 0. The lowest BCUT2D eigenvalue weighted by Gasteiger charge is -2.17. The lowest BCUT2D eigenvalue weighted by molar-refractivity contribution is 0.0993. The van der Waals surface area contributed by atoms with Gasteiger partial charge in [-0.3, -0.25) is 4.79 Å². The number of nitrogens with zero attached hydrogens (tertiary/aromatic N) is 2. The fraction of sp³-hybridized carbons (Fsp3) is 0.263. The summed E-state index contributed by atoms with van der Waals surface area (Å²) < 4.78 is 1.15. The highest BCUT2D eigenvalue weighted by Gasteiger charge is 2.14. The Bertz CT molecular complexity index is 836. The second-order valence-electron chi connectivity index (χ2n) is 5.70. The quantitative estimate of drug-likeness (QED) is 0.688. The SMILES string of the molecule is CCCc1ccc(C(=O)N(C)c2ccc3sc(C)nc3c2)cc1. The maximum Gasteiger partial charge on any atom is 0.258 e. The smallest absolute Gasteiger partial charge is 0.258 e. The highest BCUT2D eigenvalue weighted by atomic mass is 32.1. The van der Waals surface area contributed by atoms with E-state index in [0.29, 0.717) is 5.56 Å². The molecule has 23 heavy (non-hydrogen) atoms. The van der Waals surface area contributed by atoms with E-state index >= 15 is 0 Å². The Kier molecular flexibility index (Phi) is 4.44. The average molecular weight is 324 g/mol. The summed E-state index contributed by atoms with van der Waals surface area (Å²) in [6.45, 7) is 4.15. The highest BCUT2D eigenvalue weighted by molar-refractivity contribution is 7.18. The predicted molar refractivity (Wildman–Crippen MR) is 97.5 cm³/mol. The van der Waals surface area contributed by atoms with Gasteiger partial charge >= 0.3 is 0 Å². The van der Waals surface area contributed by atoms with Crippen LogP contribution < -0.4 is 4.90 Å². The molecule has 0 radical (unpaired) electrons. The van der Waals surface area contributed by atoms with Crippen molar-refractivity contribution in [2.45, 2.75) is 26.7 Å². The molecule has 0 aliphatic heterocycles. The number of amides is 1. The zero-order chi connectivity index (χ0) is 16.4. The van der Waals surface area contributed by atoms with Gasteiger partial charge in [-0.15, -0.1) is 11.3 Å². The maximum absolute atomic E-state index is 12.7. The minimum Gasteiger partial charge on any atom is -0.311 e. The molecule has 0 saturated carbocycles. The minimum atomic E-state index is -0.000602. The molecule has 0 saturated heterocycles. The molecule has 3 nitrogen and oxygen atoms in total. The van der Waals surface area contributed by atoms with E-state index in [0.717, 1.165) is 33.8 Å². The van der Waals surface area contributed by atoms with Gasteiger partial charge in [0.05, 0.1) is 15.2 Å². The Morgan fingerprint density at radius 1 is 1.17 bits per heavy atom. The van der Waals surface area contributed by atoms with Gasteiger partial charge in [0, 0.05) is 18.3 Å². The van der Waals surface area contributed by atoms with Crippen LogP contribution >= 0.6 is 11.3 Å². The van der Waals surface area contributed by atoms with Crippen LogP contribution in [0.5, 0.6) is 0 Å². The largest absolute Gasteiger partial charge is 0.311 e. The van der Waals surface area contributed by atoms with Crippen LogP contribution in [-0.4, -0.2) is 17.9 Å². The van der Waals surface area contributed by atoms with Crippen LogP contribution in [0.2, 0.25) is 0 Å². The molecule has 0 aliphatic rings. The third-order valence-corrected chi connectivity index (χ3v) is 4.86. The van der Waals surface area contributed by atoms with Crippen LogP contribution in [0.4, 0.5) is 5.69 Å². The summed E-state index contributed by atoms with van der Waals surface area (Å²) in [5, 5.41) is 1.04. The van der Waals surface area contributed by atoms with Gasteiger partial charge in [0.1, 0.15) is 0 Å². The third kappa shape index (κ3) is 3.27. The lowest BCUT2D eigenvalue weighted by atomic mass is 10.1. The van der Waals surface area contributed by atoms with E-state index in [1.807, 2.05) is 56.4 Å². The molecule has 0 spiro atoms. The van der Waals surface area contributed by atoms with Crippen LogP contribution in [0, 0.1) is 6.92 Å². The van der Waals surface area contributed by atoms with E-state index in [2.05, 4.69) is 11.9 Å². The van der Waals surface area contributed by atoms with Crippen LogP contribution in [-0.2, 0) is 6.42 Å². The summed E-state index contributed by atoms with van der Waals surface area (Å²) in [5.41, 5.74) is 3.79. The number of hydrogen-bond acceptors (Lipinski definition) is 3. The molecule has 0 aliphatic carbocycles. The van der Waals surface area contributed by atoms with Crippen molar-refractivity contribution in [2.24, 2.45) is 0 Å². The van der Waals surface area contributed by atoms with Crippen molar-refractivity contribution in [1.29, 1.82) is 0 Å². The normalized spacial score (nSPS) is 10.9. The molecule has 118 valence electrons. The summed E-state index contributed by atoms with van der Waals surface area (Å²) in [5.74, 6) is -0.000602. The first-order valence-electron chi connectivity index (χ1n) is 7.82. The topological polar surface area (TPSA) is 33.2 Å². The summed E-state index contributed by atoms with van der Waals surface area (Å²) in [6.07, 6.45) is 2.16. The molecule has 1 amide bonds. The fourth-order valence-corrected chi connectivity index (χ4v) is 3.46. The second-order valence-corrected chi connectivity index (χ2v) is 6.93. The van der Waals surface area contributed by atoms with Gasteiger partial charge in [0.25, 0.3) is 5.91 Å². The minimum absolute atomic E-state index is 0.000602. The molecular formula is C19H20N2OS. The zero-order valence-corrected chi connectivity index (χ0v) is 14.5. The number of rotatable bonds is 4. The third-order valence-electron chi connectivity index (χ3n) is 3.91. The van der Waals surface area contributed by atoms with Crippen molar-refractivity contribution in [3.8, 4) is 0 Å². The maximum atomic E-state index is 12.7. The molecule has 3 rings (SSSR count). The molecule has 0 N–H and O–H groups in total. The van der Waals surface area contributed by atoms with E-state index in [9.17, 15) is 4.79 Å². The van der Waals surface area contributed by atoms with Gasteiger partial charge in [-0.1, -0.05) is 25.5 Å². The van der Waals surface area contributed by atoms with Crippen LogP contribution in [0.3, 0.4) is 0 Å². The monoisotopic (exact) mass is 324 g/mol. The Hall–Kier alpha value is -2.20. The van der Waals surface area contributed by atoms with E-state index < -0.39 is 0 Å². The van der Waals surface area contributed by atoms with Gasteiger partial charge < -0.3 is 4.90 Å². The number of thiazole rings is 1. The Labute approximate surface area is 140 Å². The molecule has 0 atom stereocenters. The van der Waals surface area contributed by atoms with E-state index in [4.69, 9.17) is 0 Å². The van der Waals surface area contributed by atoms with Crippen LogP contribution in [0.1, 0.15) is 34.3 Å². The predicted octanol–water partition coefficient (Wildman–Crippen LogP) is 4.83. The molecule has 2 aromatic carbocycles. The van der Waals surface area contributed by atoms with Crippen molar-refractivity contribution in [3.63, 3.8) is 0 Å². The summed E-state index contributed by atoms with van der Waals surface area (Å²) in [6, 6.07) is 13.9. The number of carbonyl (C=O) groups excluding carboxylic acids is 1. The van der Waals surface area contributed by atoms with Crippen molar-refractivity contribution in [3.05, 3.63) is 58.6 Å². The number of aromatic nitrogens is 1. The van der Waals surface area contributed by atoms with Crippen LogP contribution in [0.25, 0.3) is 10.2 Å². The highest BCUT2D eigenvalue weighted by Crippen LogP contribution is 2.26. The van der Waals surface area contributed by atoms with Gasteiger partial charge in [-0.05, 0) is 49.2 Å². The molecular weight excluding hydrogens is 304 g/mol. The Morgan fingerprint density at radius 2 is 1.91 bits per heavy atom. The summed E-state index contributed by atoms with van der Waals surface area (Å²) >= 11 is 1.67. The van der Waals surface area contributed by atoms with Gasteiger partial charge in [0.15, 0.2) is 0 Å². The second kappa shape index (κ2) is 6.50. The number of carbonyl (C=O) groups is 1. The van der Waals surface area contributed by atoms with E-state index in [1.165, 1.54) is 5.56 Å². The average Bonchev–Trinajstić information content (AvgIpc) is 2.93. The lowest BCUT2D eigenvalue weighted by Crippen LogP contribution is -2.26. The number of aryl methyl sites for hydroxylation is 2. The van der Waals surface area contributed by atoms with Crippen molar-refractivity contribution >= 4 is 33.1 Å². The van der Waals surface area contributed by atoms with E-state index in [1.54, 1.807) is 16.2 Å². The summed E-state index contributed by atoms with van der Waals surface area (Å²) in [4.78, 5) is 18.8. The standard InChI is InChI=1S/C19H20N2OS/c1-4-5-14-6-8-15(9-7-14)19(22)21(3)16-10-11-18-17(12-16)20-13(2)23-18/h6-12H,4-5H2,1-3H3. The first-order valence-corrected chi connectivity index (χ1v) is 8.64. The van der Waals surface area contributed by atoms with Crippen LogP contribution in [0.15, 0.2) is 42.5 Å². The van der Waals surface area contributed by atoms with Crippen molar-refractivity contribution in [1.82, 2.24) is 4.98 Å². The Morgan fingerprint density at radius 3 is 2.61 bits per heavy atom. The van der Waals surface area contributed by atoms with E-state index in [-0.39, 0.29) is 5.91 Å². The summed E-state index contributed by atoms with van der Waals surface area (Å²) in [7, 11) is 1.81. The Balaban J connectivity index is 1.84. The molecule has 1 aromatic heterocycles. The number of benzene rings is 2. The molecule has 0 bridgehead atoms. The van der Waals surface area contributed by atoms with Gasteiger partial charge in [0.2, 0.25) is 0 Å². The van der Waals surface area contributed by atoms with Gasteiger partial charge in [-0.25, -0.2) is 4.98 Å². The number of anilines is 1. The molecule has 4 heteroatoms. The van der Waals surface area contributed by atoms with Crippen molar-refractivity contribution < 1.29 is 4.79 Å². The number of fused-ring (bicyclic) bond motifs is 1. The van der Waals surface area contributed by atoms with Crippen molar-refractivity contribution in [2.75, 3.05) is 11.9 Å². The zero-order valence-electron chi connectivity index (χ0n) is 13.7.